The van der Waals surface area contributed by atoms with Gasteiger partial charge in [0.2, 0.25) is 5.95 Å². The van der Waals surface area contributed by atoms with Crippen LogP contribution in [-0.2, 0) is 21.6 Å². The third kappa shape index (κ3) is 3.47. The number of para-hydroxylation sites is 1. The number of aromatic nitrogens is 2. The Morgan fingerprint density at radius 3 is 2.93 bits per heavy atom. The molecule has 27 heavy (non-hydrogen) atoms. The number of hydrogen-bond donors (Lipinski definition) is 0. The minimum Gasteiger partial charge on any atom is -0.484 e. The number of likely N-dealkylation sites (tertiary alicyclic amines) is 1. The summed E-state index contributed by atoms with van der Waals surface area (Å²) in [6.07, 6.45) is 2.68. The Bertz CT molecular complexity index is 827. The Kier molecular flexibility index (Phi) is 4.70. The summed E-state index contributed by atoms with van der Waals surface area (Å²) in [6.45, 7) is 2.42. The number of fused-ring (bicyclic) bond motifs is 2. The molecular formula is C20H24N4O3. The van der Waals surface area contributed by atoms with Crippen molar-refractivity contribution < 1.29 is 14.3 Å². The van der Waals surface area contributed by atoms with Crippen LogP contribution in [0.3, 0.4) is 0 Å². The van der Waals surface area contributed by atoms with E-state index in [2.05, 4.69) is 4.98 Å². The standard InChI is InChI=1S/C20H24N4O3/c1-23(2)19-21-10-15-11-26-14-20(18(15)22-19)8-9-24(13-20)17(25)12-27-16-6-4-3-5-7-16/h3-7,10H,8-9,11-14H2,1-2H3. The van der Waals surface area contributed by atoms with E-state index in [1.54, 1.807) is 0 Å². The molecule has 1 aromatic heterocycles. The van der Waals surface area contributed by atoms with Gasteiger partial charge in [-0.1, -0.05) is 18.2 Å². The average Bonchev–Trinajstić information content (AvgIpc) is 3.12. The minimum absolute atomic E-state index is 0.00950. The Morgan fingerprint density at radius 2 is 2.15 bits per heavy atom. The predicted molar refractivity (Wildman–Crippen MR) is 101 cm³/mol. The van der Waals surface area contributed by atoms with Crippen LogP contribution in [0.5, 0.6) is 5.75 Å². The first kappa shape index (κ1) is 17.7. The molecule has 0 radical (unpaired) electrons. The Labute approximate surface area is 158 Å². The topological polar surface area (TPSA) is 67.8 Å². The van der Waals surface area contributed by atoms with Crippen LogP contribution in [0.15, 0.2) is 36.5 Å². The molecule has 1 amide bonds. The summed E-state index contributed by atoms with van der Waals surface area (Å²) in [5.74, 6) is 1.38. The maximum absolute atomic E-state index is 12.7. The van der Waals surface area contributed by atoms with Gasteiger partial charge >= 0.3 is 0 Å². The summed E-state index contributed by atoms with van der Waals surface area (Å²) in [5, 5.41) is 0. The highest BCUT2D eigenvalue weighted by atomic mass is 16.5. The highest BCUT2D eigenvalue weighted by Crippen LogP contribution is 2.39. The zero-order valence-electron chi connectivity index (χ0n) is 15.7. The second-order valence-electron chi connectivity index (χ2n) is 7.38. The second-order valence-corrected chi connectivity index (χ2v) is 7.38. The van der Waals surface area contributed by atoms with Gasteiger partial charge in [0.25, 0.3) is 5.91 Å². The normalized spacial score (nSPS) is 21.2. The number of benzene rings is 1. The van der Waals surface area contributed by atoms with E-state index < -0.39 is 0 Å². The Hall–Kier alpha value is -2.67. The summed E-state index contributed by atoms with van der Waals surface area (Å²) in [6, 6.07) is 9.41. The molecule has 1 atom stereocenters. The fourth-order valence-corrected chi connectivity index (χ4v) is 3.75. The number of ether oxygens (including phenoxy) is 2. The molecule has 0 saturated carbocycles. The molecule has 3 heterocycles. The number of rotatable bonds is 4. The van der Waals surface area contributed by atoms with Crippen LogP contribution in [0, 0.1) is 0 Å². The number of amides is 1. The zero-order valence-corrected chi connectivity index (χ0v) is 15.7. The largest absolute Gasteiger partial charge is 0.484 e. The van der Waals surface area contributed by atoms with Gasteiger partial charge in [-0.25, -0.2) is 9.97 Å². The van der Waals surface area contributed by atoms with Crippen LogP contribution in [-0.4, -0.2) is 61.2 Å². The van der Waals surface area contributed by atoms with E-state index in [1.807, 2.05) is 60.4 Å². The smallest absolute Gasteiger partial charge is 0.260 e. The van der Waals surface area contributed by atoms with Gasteiger partial charge in [-0.3, -0.25) is 4.79 Å². The molecule has 2 aromatic rings. The average molecular weight is 368 g/mol. The van der Waals surface area contributed by atoms with E-state index in [0.717, 1.165) is 17.7 Å². The Balaban J connectivity index is 1.49. The Morgan fingerprint density at radius 1 is 1.33 bits per heavy atom. The lowest BCUT2D eigenvalue weighted by molar-refractivity contribution is -0.132. The van der Waals surface area contributed by atoms with Crippen molar-refractivity contribution in [3.63, 3.8) is 0 Å². The molecule has 1 spiro atoms. The number of anilines is 1. The van der Waals surface area contributed by atoms with Crippen LogP contribution in [0.2, 0.25) is 0 Å². The molecule has 0 bridgehead atoms. The van der Waals surface area contributed by atoms with Crippen molar-refractivity contribution in [1.29, 1.82) is 0 Å². The van der Waals surface area contributed by atoms with Crippen molar-refractivity contribution in [3.8, 4) is 5.75 Å². The highest BCUT2D eigenvalue weighted by Gasteiger charge is 2.46. The quantitative estimate of drug-likeness (QED) is 0.817. The van der Waals surface area contributed by atoms with E-state index in [-0.39, 0.29) is 17.9 Å². The number of nitrogens with zero attached hydrogens (tertiary/aromatic N) is 4. The second kappa shape index (κ2) is 7.15. The molecule has 4 rings (SSSR count). The zero-order chi connectivity index (χ0) is 18.9. The summed E-state index contributed by atoms with van der Waals surface area (Å²) >= 11 is 0. The minimum atomic E-state index is -0.260. The highest BCUT2D eigenvalue weighted by molar-refractivity contribution is 5.78. The first-order valence-electron chi connectivity index (χ1n) is 9.14. The van der Waals surface area contributed by atoms with Crippen molar-refractivity contribution in [2.45, 2.75) is 18.4 Å². The van der Waals surface area contributed by atoms with E-state index in [0.29, 0.717) is 38.0 Å². The molecule has 1 fully saturated rings. The maximum Gasteiger partial charge on any atom is 0.260 e. The van der Waals surface area contributed by atoms with Crippen molar-refractivity contribution >= 4 is 11.9 Å². The van der Waals surface area contributed by atoms with Crippen molar-refractivity contribution in [1.82, 2.24) is 14.9 Å². The number of carbonyl (C=O) groups is 1. The fraction of sp³-hybridized carbons (Fsp3) is 0.450. The molecule has 142 valence electrons. The molecule has 7 nitrogen and oxygen atoms in total. The van der Waals surface area contributed by atoms with Crippen LogP contribution in [0.25, 0.3) is 0 Å². The molecule has 2 aliphatic heterocycles. The van der Waals surface area contributed by atoms with Gasteiger partial charge in [0.1, 0.15) is 5.75 Å². The summed E-state index contributed by atoms with van der Waals surface area (Å²) in [4.78, 5) is 25.6. The first-order valence-corrected chi connectivity index (χ1v) is 9.14. The lowest BCUT2D eigenvalue weighted by atomic mass is 9.80. The molecule has 1 unspecified atom stereocenters. The molecule has 1 aromatic carbocycles. The summed E-state index contributed by atoms with van der Waals surface area (Å²) in [5.41, 5.74) is 1.78. The summed E-state index contributed by atoms with van der Waals surface area (Å²) in [7, 11) is 3.86. The predicted octanol–water partition coefficient (Wildman–Crippen LogP) is 1.62. The van der Waals surface area contributed by atoms with Crippen molar-refractivity contribution in [2.24, 2.45) is 0 Å². The van der Waals surface area contributed by atoms with Crippen LogP contribution in [0.1, 0.15) is 17.7 Å². The van der Waals surface area contributed by atoms with Gasteiger partial charge in [0, 0.05) is 38.9 Å². The lowest BCUT2D eigenvalue weighted by Gasteiger charge is -2.34. The van der Waals surface area contributed by atoms with Gasteiger partial charge in [0.15, 0.2) is 6.61 Å². The van der Waals surface area contributed by atoms with Gasteiger partial charge < -0.3 is 19.3 Å². The van der Waals surface area contributed by atoms with E-state index in [1.165, 1.54) is 0 Å². The van der Waals surface area contributed by atoms with E-state index in [4.69, 9.17) is 14.5 Å². The van der Waals surface area contributed by atoms with Gasteiger partial charge in [0.05, 0.1) is 24.3 Å². The fourth-order valence-electron chi connectivity index (χ4n) is 3.75. The first-order chi connectivity index (χ1) is 13.1. The van der Waals surface area contributed by atoms with Gasteiger partial charge in [-0.15, -0.1) is 0 Å². The number of carbonyl (C=O) groups excluding carboxylic acids is 1. The molecule has 0 N–H and O–H groups in total. The molecule has 7 heteroatoms. The van der Waals surface area contributed by atoms with Crippen molar-refractivity contribution in [3.05, 3.63) is 47.8 Å². The van der Waals surface area contributed by atoms with E-state index >= 15 is 0 Å². The maximum atomic E-state index is 12.7. The van der Waals surface area contributed by atoms with Crippen LogP contribution < -0.4 is 9.64 Å². The van der Waals surface area contributed by atoms with Crippen LogP contribution >= 0.6 is 0 Å². The lowest BCUT2D eigenvalue weighted by Crippen LogP contribution is -2.42. The molecular weight excluding hydrogens is 344 g/mol. The van der Waals surface area contributed by atoms with Crippen LogP contribution in [0.4, 0.5) is 5.95 Å². The SMILES string of the molecule is CN(C)c1ncc2c(n1)C1(CCN(C(=O)COc3ccccc3)C1)COC2. The molecule has 0 aliphatic carbocycles. The number of hydrogen-bond acceptors (Lipinski definition) is 6. The summed E-state index contributed by atoms with van der Waals surface area (Å²) < 4.78 is 11.4. The van der Waals surface area contributed by atoms with Crippen molar-refractivity contribution in [2.75, 3.05) is 45.3 Å². The molecule has 1 saturated heterocycles. The van der Waals surface area contributed by atoms with Gasteiger partial charge in [-0.05, 0) is 18.6 Å². The monoisotopic (exact) mass is 368 g/mol. The third-order valence-corrected chi connectivity index (χ3v) is 5.20. The van der Waals surface area contributed by atoms with E-state index in [9.17, 15) is 4.79 Å². The molecule has 2 aliphatic rings. The third-order valence-electron chi connectivity index (χ3n) is 5.20. The van der Waals surface area contributed by atoms with Gasteiger partial charge in [-0.2, -0.15) is 0 Å².